The number of hydrogen-bond acceptors (Lipinski definition) is 3. The zero-order valence-electron chi connectivity index (χ0n) is 13.1. The lowest BCUT2D eigenvalue weighted by atomic mass is 10.2. The molecule has 5 heteroatoms. The second-order valence-corrected chi connectivity index (χ2v) is 5.75. The number of hydrogen-bond donors (Lipinski definition) is 2. The highest BCUT2D eigenvalue weighted by Gasteiger charge is 2.23. The van der Waals surface area contributed by atoms with Crippen molar-refractivity contribution in [3.05, 3.63) is 71.5 Å². The van der Waals surface area contributed by atoms with Crippen LogP contribution in [0.4, 0.5) is 5.69 Å². The third-order valence-corrected chi connectivity index (χ3v) is 4.13. The fourth-order valence-corrected chi connectivity index (χ4v) is 2.96. The van der Waals surface area contributed by atoms with E-state index in [1.54, 1.807) is 0 Å². The van der Waals surface area contributed by atoms with Crippen molar-refractivity contribution in [1.29, 1.82) is 0 Å². The normalized spacial score (nSPS) is 12.7. The number of carbonyl (C=O) groups excluding carboxylic acids is 1. The Bertz CT molecular complexity index is 871. The summed E-state index contributed by atoms with van der Waals surface area (Å²) in [6.45, 7) is 0. The van der Waals surface area contributed by atoms with Gasteiger partial charge in [-0.05, 0) is 43.5 Å². The number of aromatic nitrogens is 2. The van der Waals surface area contributed by atoms with E-state index < -0.39 is 0 Å². The highest BCUT2D eigenvalue weighted by molar-refractivity contribution is 6.04. The molecule has 0 bridgehead atoms. The third kappa shape index (κ3) is 2.76. The molecule has 3 aromatic rings. The summed E-state index contributed by atoms with van der Waals surface area (Å²) in [5.74, 6) is 1.11. The first-order chi connectivity index (χ1) is 11.8. The Hall–Kier alpha value is -3.08. The van der Waals surface area contributed by atoms with Crippen LogP contribution in [0.15, 0.2) is 54.6 Å². The van der Waals surface area contributed by atoms with Crippen LogP contribution in [0.2, 0.25) is 0 Å². The number of amides is 1. The summed E-state index contributed by atoms with van der Waals surface area (Å²) in [5.41, 5.74) is 3.22. The van der Waals surface area contributed by atoms with Crippen molar-refractivity contribution in [2.45, 2.75) is 19.3 Å². The molecule has 0 spiro atoms. The maximum atomic E-state index is 12.6. The molecule has 1 aliphatic carbocycles. The average molecular weight is 319 g/mol. The molecule has 24 heavy (non-hydrogen) atoms. The molecule has 1 aromatic heterocycles. The van der Waals surface area contributed by atoms with Crippen molar-refractivity contribution >= 4 is 11.6 Å². The molecule has 1 amide bonds. The van der Waals surface area contributed by atoms with E-state index >= 15 is 0 Å². The second kappa shape index (κ2) is 6.20. The number of para-hydroxylation sites is 3. The number of anilines is 1. The lowest BCUT2D eigenvalue weighted by molar-refractivity contribution is 0.102. The maximum Gasteiger partial charge on any atom is 0.276 e. The summed E-state index contributed by atoms with van der Waals surface area (Å²) in [6.07, 6.45) is 2.93. The van der Waals surface area contributed by atoms with Crippen LogP contribution >= 0.6 is 0 Å². The van der Waals surface area contributed by atoms with Crippen LogP contribution in [-0.4, -0.2) is 16.1 Å². The maximum absolute atomic E-state index is 12.6. The molecular weight excluding hydrogens is 302 g/mol. The fourth-order valence-electron chi connectivity index (χ4n) is 2.96. The van der Waals surface area contributed by atoms with E-state index in [0.29, 0.717) is 17.1 Å². The molecule has 0 aliphatic heterocycles. The molecule has 0 fully saturated rings. The second-order valence-electron chi connectivity index (χ2n) is 5.75. The van der Waals surface area contributed by atoms with E-state index in [1.807, 2.05) is 54.6 Å². The van der Waals surface area contributed by atoms with Crippen LogP contribution in [0.1, 0.15) is 28.2 Å². The lowest BCUT2D eigenvalue weighted by Crippen LogP contribution is -2.14. The fraction of sp³-hybridized carbons (Fsp3) is 0.158. The molecule has 4 rings (SSSR count). The van der Waals surface area contributed by atoms with Gasteiger partial charge in [-0.25, -0.2) is 0 Å². The summed E-state index contributed by atoms with van der Waals surface area (Å²) in [6, 6.07) is 16.9. The Morgan fingerprint density at radius 2 is 1.83 bits per heavy atom. The summed E-state index contributed by atoms with van der Waals surface area (Å²) >= 11 is 0. The number of ether oxygens (including phenoxy) is 1. The number of rotatable bonds is 4. The highest BCUT2D eigenvalue weighted by Crippen LogP contribution is 2.30. The van der Waals surface area contributed by atoms with Gasteiger partial charge in [-0.1, -0.05) is 30.3 Å². The molecule has 1 heterocycles. The van der Waals surface area contributed by atoms with Crippen molar-refractivity contribution in [2.24, 2.45) is 0 Å². The molecule has 5 nitrogen and oxygen atoms in total. The van der Waals surface area contributed by atoms with Gasteiger partial charge in [0.15, 0.2) is 11.4 Å². The first-order valence-corrected chi connectivity index (χ1v) is 8.00. The summed E-state index contributed by atoms with van der Waals surface area (Å²) in [4.78, 5) is 12.6. The first kappa shape index (κ1) is 14.5. The van der Waals surface area contributed by atoms with E-state index in [4.69, 9.17) is 4.74 Å². The van der Waals surface area contributed by atoms with Gasteiger partial charge >= 0.3 is 0 Å². The van der Waals surface area contributed by atoms with Gasteiger partial charge in [-0.15, -0.1) is 0 Å². The summed E-state index contributed by atoms with van der Waals surface area (Å²) < 4.78 is 5.88. The van der Waals surface area contributed by atoms with Crippen LogP contribution in [0.25, 0.3) is 0 Å². The van der Waals surface area contributed by atoms with E-state index in [0.717, 1.165) is 36.3 Å². The number of aromatic amines is 1. The van der Waals surface area contributed by atoms with Gasteiger partial charge in [0, 0.05) is 11.3 Å². The number of H-pyrrole nitrogens is 1. The average Bonchev–Trinajstić information content (AvgIpc) is 3.21. The van der Waals surface area contributed by atoms with Gasteiger partial charge in [0.2, 0.25) is 0 Å². The summed E-state index contributed by atoms with van der Waals surface area (Å²) in [7, 11) is 0. The van der Waals surface area contributed by atoms with Crippen molar-refractivity contribution < 1.29 is 9.53 Å². The molecule has 0 saturated heterocycles. The number of nitrogens with one attached hydrogen (secondary N) is 2. The lowest BCUT2D eigenvalue weighted by Gasteiger charge is -2.11. The monoisotopic (exact) mass is 319 g/mol. The topological polar surface area (TPSA) is 67.0 Å². The van der Waals surface area contributed by atoms with Gasteiger partial charge < -0.3 is 10.1 Å². The standard InChI is InChI=1S/C19H17N3O2/c23-19(18-14-9-6-11-15(14)21-22-18)20-16-10-4-5-12-17(16)24-13-7-2-1-3-8-13/h1-5,7-8,10,12H,6,9,11H2,(H,20,23)(H,21,22). The Morgan fingerprint density at radius 3 is 2.71 bits per heavy atom. The molecule has 0 unspecified atom stereocenters. The number of fused-ring (bicyclic) bond motifs is 1. The van der Waals surface area contributed by atoms with Crippen molar-refractivity contribution in [3.8, 4) is 11.5 Å². The minimum atomic E-state index is -0.210. The van der Waals surface area contributed by atoms with Gasteiger partial charge in [0.25, 0.3) is 5.91 Å². The van der Waals surface area contributed by atoms with Crippen molar-refractivity contribution in [2.75, 3.05) is 5.32 Å². The zero-order chi connectivity index (χ0) is 16.4. The number of aryl methyl sites for hydroxylation is 1. The first-order valence-electron chi connectivity index (χ1n) is 8.00. The Morgan fingerprint density at radius 1 is 1.04 bits per heavy atom. The minimum Gasteiger partial charge on any atom is -0.455 e. The van der Waals surface area contributed by atoms with Gasteiger partial charge in [-0.3, -0.25) is 9.89 Å². The van der Waals surface area contributed by atoms with Gasteiger partial charge in [-0.2, -0.15) is 5.10 Å². The predicted molar refractivity (Wildman–Crippen MR) is 91.5 cm³/mol. The number of benzene rings is 2. The van der Waals surface area contributed by atoms with E-state index in [1.165, 1.54) is 0 Å². The van der Waals surface area contributed by atoms with Gasteiger partial charge in [0.05, 0.1) is 5.69 Å². The van der Waals surface area contributed by atoms with Crippen LogP contribution in [0.5, 0.6) is 11.5 Å². The van der Waals surface area contributed by atoms with Crippen LogP contribution in [0.3, 0.4) is 0 Å². The quantitative estimate of drug-likeness (QED) is 0.765. The number of nitrogens with zero attached hydrogens (tertiary/aromatic N) is 1. The van der Waals surface area contributed by atoms with E-state index in [9.17, 15) is 4.79 Å². The van der Waals surface area contributed by atoms with Crippen molar-refractivity contribution in [3.63, 3.8) is 0 Å². The molecule has 1 aliphatic rings. The SMILES string of the molecule is O=C(Nc1ccccc1Oc1ccccc1)c1n[nH]c2c1CCC2. The number of carbonyl (C=O) groups is 1. The molecule has 120 valence electrons. The largest absolute Gasteiger partial charge is 0.455 e. The smallest absolute Gasteiger partial charge is 0.276 e. The minimum absolute atomic E-state index is 0.210. The van der Waals surface area contributed by atoms with E-state index in [2.05, 4.69) is 15.5 Å². The van der Waals surface area contributed by atoms with Crippen LogP contribution < -0.4 is 10.1 Å². The molecule has 0 atom stereocenters. The molecule has 2 aromatic carbocycles. The van der Waals surface area contributed by atoms with Crippen LogP contribution in [0, 0.1) is 0 Å². The third-order valence-electron chi connectivity index (χ3n) is 4.13. The molecule has 0 radical (unpaired) electrons. The Balaban J connectivity index is 1.57. The predicted octanol–water partition coefficient (Wildman–Crippen LogP) is 3.94. The molecule has 2 N–H and O–H groups in total. The zero-order valence-corrected chi connectivity index (χ0v) is 13.1. The van der Waals surface area contributed by atoms with E-state index in [-0.39, 0.29) is 5.91 Å². The molecule has 0 saturated carbocycles. The summed E-state index contributed by atoms with van der Waals surface area (Å²) in [5, 5.41) is 10.1. The van der Waals surface area contributed by atoms with Crippen molar-refractivity contribution in [1.82, 2.24) is 10.2 Å². The van der Waals surface area contributed by atoms with Gasteiger partial charge in [0.1, 0.15) is 5.75 Å². The highest BCUT2D eigenvalue weighted by atomic mass is 16.5. The molecular formula is C19H17N3O2. The Labute approximate surface area is 139 Å². The Kier molecular flexibility index (Phi) is 3.75. The van der Waals surface area contributed by atoms with Crippen LogP contribution in [-0.2, 0) is 12.8 Å².